The molecule has 2 aromatic carbocycles. The van der Waals surface area contributed by atoms with Crippen LogP contribution in [-0.2, 0) is 14.8 Å². The summed E-state index contributed by atoms with van der Waals surface area (Å²) in [5.41, 5.74) is 0. The van der Waals surface area contributed by atoms with Crippen LogP contribution in [0, 0.1) is 0 Å². The summed E-state index contributed by atoms with van der Waals surface area (Å²) in [5.74, 6) is 1.60. The molecule has 10 heteroatoms. The Morgan fingerprint density at radius 1 is 0.968 bits per heavy atom. The van der Waals surface area contributed by atoms with Crippen molar-refractivity contribution in [2.75, 3.05) is 41.5 Å². The van der Waals surface area contributed by atoms with E-state index in [1.807, 2.05) is 0 Å². The SMILES string of the molecule is COc1ccc(OC[C@H](C)NC(=O)CN(C)S(=O)(=O)c2ccc(OC)c(OC)c2)cc1. The number of hydrogen-bond donors (Lipinski definition) is 1. The van der Waals surface area contributed by atoms with E-state index in [-0.39, 0.29) is 29.8 Å². The van der Waals surface area contributed by atoms with Crippen LogP contribution in [0.5, 0.6) is 23.0 Å². The second-order valence-corrected chi connectivity index (χ2v) is 8.78. The van der Waals surface area contributed by atoms with Gasteiger partial charge in [0.05, 0.1) is 38.8 Å². The fourth-order valence-electron chi connectivity index (χ4n) is 2.70. The maximum Gasteiger partial charge on any atom is 0.243 e. The summed E-state index contributed by atoms with van der Waals surface area (Å²) in [4.78, 5) is 12.3. The monoisotopic (exact) mass is 452 g/mol. The van der Waals surface area contributed by atoms with Crippen molar-refractivity contribution >= 4 is 15.9 Å². The molecule has 0 aromatic heterocycles. The molecule has 1 amide bonds. The highest BCUT2D eigenvalue weighted by molar-refractivity contribution is 7.89. The zero-order chi connectivity index (χ0) is 23.0. The molecule has 0 aliphatic rings. The van der Waals surface area contributed by atoms with E-state index in [0.717, 1.165) is 4.31 Å². The van der Waals surface area contributed by atoms with Gasteiger partial charge in [-0.05, 0) is 43.3 Å². The molecule has 0 spiro atoms. The van der Waals surface area contributed by atoms with Gasteiger partial charge in [0.1, 0.15) is 18.1 Å². The van der Waals surface area contributed by atoms with Gasteiger partial charge in [0.2, 0.25) is 15.9 Å². The van der Waals surface area contributed by atoms with Gasteiger partial charge in [0.25, 0.3) is 0 Å². The fraction of sp³-hybridized carbons (Fsp3) is 0.381. The summed E-state index contributed by atoms with van der Waals surface area (Å²) in [7, 11) is 1.90. The van der Waals surface area contributed by atoms with Crippen LogP contribution in [0.2, 0.25) is 0 Å². The number of likely N-dealkylation sites (N-methyl/N-ethyl adjacent to an activating group) is 1. The Kier molecular flexibility index (Phi) is 8.52. The van der Waals surface area contributed by atoms with Crippen LogP contribution in [0.3, 0.4) is 0 Å². The Bertz CT molecular complexity index is 978. The third-order valence-electron chi connectivity index (χ3n) is 4.40. The summed E-state index contributed by atoms with van der Waals surface area (Å²) in [6.45, 7) is 1.65. The molecule has 31 heavy (non-hydrogen) atoms. The molecule has 0 saturated carbocycles. The lowest BCUT2D eigenvalue weighted by Gasteiger charge is -2.20. The van der Waals surface area contributed by atoms with Crippen LogP contribution in [0.15, 0.2) is 47.4 Å². The first kappa shape index (κ1) is 24.3. The summed E-state index contributed by atoms with van der Waals surface area (Å²) in [5, 5.41) is 2.73. The van der Waals surface area contributed by atoms with Gasteiger partial charge in [-0.1, -0.05) is 0 Å². The Labute approximate surface area is 182 Å². The van der Waals surface area contributed by atoms with Gasteiger partial charge in [-0.3, -0.25) is 4.79 Å². The van der Waals surface area contributed by atoms with Crippen LogP contribution in [0.25, 0.3) is 0 Å². The second kappa shape index (κ2) is 10.9. The van der Waals surface area contributed by atoms with Crippen LogP contribution < -0.4 is 24.3 Å². The van der Waals surface area contributed by atoms with Crippen molar-refractivity contribution < 1.29 is 32.2 Å². The van der Waals surface area contributed by atoms with E-state index in [9.17, 15) is 13.2 Å². The maximum absolute atomic E-state index is 12.8. The van der Waals surface area contributed by atoms with E-state index in [4.69, 9.17) is 18.9 Å². The quantitative estimate of drug-likeness (QED) is 0.556. The highest BCUT2D eigenvalue weighted by Crippen LogP contribution is 2.30. The Morgan fingerprint density at radius 3 is 2.16 bits per heavy atom. The van der Waals surface area contributed by atoms with E-state index in [1.54, 1.807) is 38.3 Å². The fourth-order valence-corrected chi connectivity index (χ4v) is 3.84. The number of nitrogens with one attached hydrogen (secondary N) is 1. The molecular formula is C21H28N2O7S. The molecule has 9 nitrogen and oxygen atoms in total. The molecule has 2 rings (SSSR count). The normalized spacial score (nSPS) is 12.2. The standard InChI is InChI=1S/C21H28N2O7S/c1-15(14-30-17-8-6-16(27-3)7-9-17)22-21(24)13-23(2)31(25,26)18-10-11-19(28-4)20(12-18)29-5/h6-12,15H,13-14H2,1-5H3,(H,22,24)/t15-/m0/s1. The number of rotatable bonds is 11. The van der Waals surface area contributed by atoms with Gasteiger partial charge in [0.15, 0.2) is 11.5 Å². The molecule has 2 aromatic rings. The minimum Gasteiger partial charge on any atom is -0.497 e. The lowest BCUT2D eigenvalue weighted by atomic mass is 10.3. The predicted molar refractivity (Wildman–Crippen MR) is 115 cm³/mol. The van der Waals surface area contributed by atoms with Crippen molar-refractivity contribution in [2.24, 2.45) is 0 Å². The summed E-state index contributed by atoms with van der Waals surface area (Å²) in [6.07, 6.45) is 0. The lowest BCUT2D eigenvalue weighted by molar-refractivity contribution is -0.121. The number of methoxy groups -OCH3 is 3. The number of amides is 1. The number of hydrogen-bond acceptors (Lipinski definition) is 7. The Morgan fingerprint density at radius 2 is 1.58 bits per heavy atom. The number of nitrogens with zero attached hydrogens (tertiary/aromatic N) is 1. The largest absolute Gasteiger partial charge is 0.497 e. The summed E-state index contributed by atoms with van der Waals surface area (Å²) >= 11 is 0. The van der Waals surface area contributed by atoms with Gasteiger partial charge in [-0.25, -0.2) is 8.42 Å². The third kappa shape index (κ3) is 6.50. The first-order valence-corrected chi connectivity index (χ1v) is 10.9. The van der Waals surface area contributed by atoms with Crippen molar-refractivity contribution in [3.8, 4) is 23.0 Å². The highest BCUT2D eigenvalue weighted by Gasteiger charge is 2.25. The van der Waals surface area contributed by atoms with Crippen LogP contribution in [-0.4, -0.2) is 66.2 Å². The van der Waals surface area contributed by atoms with Crippen molar-refractivity contribution in [3.63, 3.8) is 0 Å². The first-order chi connectivity index (χ1) is 14.7. The summed E-state index contributed by atoms with van der Waals surface area (Å²) in [6, 6.07) is 11.0. The Balaban J connectivity index is 1.92. The molecular weight excluding hydrogens is 424 g/mol. The smallest absolute Gasteiger partial charge is 0.243 e. The lowest BCUT2D eigenvalue weighted by Crippen LogP contribution is -2.43. The molecule has 170 valence electrons. The number of sulfonamides is 1. The molecule has 0 aliphatic heterocycles. The van der Waals surface area contributed by atoms with Crippen LogP contribution >= 0.6 is 0 Å². The molecule has 1 atom stereocenters. The minimum atomic E-state index is -3.90. The van der Waals surface area contributed by atoms with Crippen molar-refractivity contribution in [2.45, 2.75) is 17.9 Å². The van der Waals surface area contributed by atoms with Gasteiger partial charge < -0.3 is 24.3 Å². The van der Waals surface area contributed by atoms with Crippen LogP contribution in [0.1, 0.15) is 6.92 Å². The minimum absolute atomic E-state index is 0.00339. The number of carbonyl (C=O) groups is 1. The van der Waals surface area contributed by atoms with E-state index in [0.29, 0.717) is 17.2 Å². The zero-order valence-corrected chi connectivity index (χ0v) is 19.1. The highest BCUT2D eigenvalue weighted by atomic mass is 32.2. The van der Waals surface area contributed by atoms with Gasteiger partial charge >= 0.3 is 0 Å². The molecule has 0 unspecified atom stereocenters. The average molecular weight is 453 g/mol. The number of ether oxygens (including phenoxy) is 4. The van der Waals surface area contributed by atoms with E-state index < -0.39 is 15.9 Å². The average Bonchev–Trinajstić information content (AvgIpc) is 2.77. The molecule has 0 heterocycles. The number of benzene rings is 2. The van der Waals surface area contributed by atoms with Crippen molar-refractivity contribution in [1.29, 1.82) is 0 Å². The molecule has 1 N–H and O–H groups in total. The molecule has 0 fully saturated rings. The molecule has 0 bridgehead atoms. The van der Waals surface area contributed by atoms with Crippen molar-refractivity contribution in [3.05, 3.63) is 42.5 Å². The van der Waals surface area contributed by atoms with E-state index >= 15 is 0 Å². The van der Waals surface area contributed by atoms with Crippen LogP contribution in [0.4, 0.5) is 0 Å². The summed E-state index contributed by atoms with van der Waals surface area (Å²) < 4.78 is 47.6. The topological polar surface area (TPSA) is 103 Å². The molecule has 0 radical (unpaired) electrons. The second-order valence-electron chi connectivity index (χ2n) is 6.73. The van der Waals surface area contributed by atoms with E-state index in [2.05, 4.69) is 5.32 Å². The molecule has 0 aliphatic carbocycles. The predicted octanol–water partition coefficient (Wildman–Crippen LogP) is 1.92. The third-order valence-corrected chi connectivity index (χ3v) is 6.20. The molecule has 0 saturated heterocycles. The first-order valence-electron chi connectivity index (χ1n) is 9.45. The van der Waals surface area contributed by atoms with Gasteiger partial charge in [0, 0.05) is 13.1 Å². The zero-order valence-electron chi connectivity index (χ0n) is 18.2. The number of carbonyl (C=O) groups excluding carboxylic acids is 1. The van der Waals surface area contributed by atoms with Crippen molar-refractivity contribution in [1.82, 2.24) is 9.62 Å². The maximum atomic E-state index is 12.8. The van der Waals surface area contributed by atoms with E-state index in [1.165, 1.54) is 39.5 Å². The van der Waals surface area contributed by atoms with Gasteiger partial charge in [-0.2, -0.15) is 4.31 Å². The van der Waals surface area contributed by atoms with Gasteiger partial charge in [-0.15, -0.1) is 0 Å². The Hall–Kier alpha value is -2.98.